The minimum atomic E-state index is -0.0203. The van der Waals surface area contributed by atoms with Crippen LogP contribution >= 0.6 is 24.0 Å². The summed E-state index contributed by atoms with van der Waals surface area (Å²) in [5.41, 5.74) is 5.65. The summed E-state index contributed by atoms with van der Waals surface area (Å²) in [5.74, 6) is 0.508. The van der Waals surface area contributed by atoms with Gasteiger partial charge in [0.2, 0.25) is 0 Å². The van der Waals surface area contributed by atoms with Crippen LogP contribution in [0, 0.1) is 0 Å². The molecule has 4 nitrogen and oxygen atoms in total. The van der Waals surface area contributed by atoms with E-state index < -0.39 is 0 Å². The van der Waals surface area contributed by atoms with Crippen LogP contribution in [0.5, 0.6) is 0 Å². The molecule has 0 saturated heterocycles. The van der Waals surface area contributed by atoms with Crippen LogP contribution in [0.25, 0.3) is 0 Å². The molecule has 0 saturated carbocycles. The number of hydrogen-bond acceptors (Lipinski definition) is 2. The van der Waals surface area contributed by atoms with Gasteiger partial charge in [0.1, 0.15) is 0 Å². The third-order valence-electron chi connectivity index (χ3n) is 1.44. The Labute approximate surface area is 110 Å². The van der Waals surface area contributed by atoms with Crippen molar-refractivity contribution in [3.63, 3.8) is 0 Å². The average Bonchev–Trinajstić information content (AvgIpc) is 2.00. The van der Waals surface area contributed by atoms with Gasteiger partial charge >= 0.3 is 0 Å². The van der Waals surface area contributed by atoms with E-state index in [0.717, 1.165) is 26.2 Å². The van der Waals surface area contributed by atoms with Gasteiger partial charge in [0, 0.05) is 25.3 Å². The molecule has 0 bridgehead atoms. The third-order valence-corrected chi connectivity index (χ3v) is 1.44. The zero-order valence-corrected chi connectivity index (χ0v) is 12.5. The van der Waals surface area contributed by atoms with Gasteiger partial charge in [0.25, 0.3) is 0 Å². The fourth-order valence-electron chi connectivity index (χ4n) is 0.934. The van der Waals surface area contributed by atoms with Crippen molar-refractivity contribution < 1.29 is 4.74 Å². The predicted octanol–water partition coefficient (Wildman–Crippen LogP) is 1.73. The smallest absolute Gasteiger partial charge is 0.188 e. The molecule has 0 spiro atoms. The molecule has 92 valence electrons. The molecular formula is C10H24IN3O. The SMILES string of the molecule is CCOCCCN=C(N)NC(C)(C)C.I. The minimum absolute atomic E-state index is 0. The molecule has 0 aromatic carbocycles. The maximum Gasteiger partial charge on any atom is 0.188 e. The maximum atomic E-state index is 5.67. The Hall–Kier alpha value is -0.0400. The fraction of sp³-hybridized carbons (Fsp3) is 0.900. The molecule has 0 aliphatic rings. The van der Waals surface area contributed by atoms with Crippen molar-refractivity contribution >= 4 is 29.9 Å². The molecule has 0 aromatic rings. The van der Waals surface area contributed by atoms with Crippen LogP contribution in [0.4, 0.5) is 0 Å². The number of ether oxygens (including phenoxy) is 1. The first-order valence-corrected chi connectivity index (χ1v) is 5.11. The maximum absolute atomic E-state index is 5.67. The molecular weight excluding hydrogens is 305 g/mol. The summed E-state index contributed by atoms with van der Waals surface area (Å²) in [6.07, 6.45) is 0.917. The van der Waals surface area contributed by atoms with Crippen molar-refractivity contribution in [2.75, 3.05) is 19.8 Å². The van der Waals surface area contributed by atoms with Crippen LogP contribution in [0.2, 0.25) is 0 Å². The lowest BCUT2D eigenvalue weighted by Gasteiger charge is -2.20. The predicted molar refractivity (Wildman–Crippen MR) is 75.9 cm³/mol. The van der Waals surface area contributed by atoms with Crippen molar-refractivity contribution in [2.45, 2.75) is 39.7 Å². The lowest BCUT2D eigenvalue weighted by atomic mass is 10.1. The molecule has 0 aliphatic heterocycles. The molecule has 0 aromatic heterocycles. The van der Waals surface area contributed by atoms with Gasteiger partial charge in [-0.2, -0.15) is 0 Å². The largest absolute Gasteiger partial charge is 0.382 e. The van der Waals surface area contributed by atoms with Crippen LogP contribution in [0.3, 0.4) is 0 Å². The summed E-state index contributed by atoms with van der Waals surface area (Å²) < 4.78 is 5.19. The molecule has 0 unspecified atom stereocenters. The normalized spacial score (nSPS) is 12.1. The number of aliphatic imine (C=N–C) groups is 1. The van der Waals surface area contributed by atoms with Crippen molar-refractivity contribution in [3.05, 3.63) is 0 Å². The average molecular weight is 329 g/mol. The van der Waals surface area contributed by atoms with Crippen LogP contribution in [0.1, 0.15) is 34.1 Å². The summed E-state index contributed by atoms with van der Waals surface area (Å²) in [6, 6.07) is 0. The van der Waals surface area contributed by atoms with Crippen LogP contribution in [-0.2, 0) is 4.74 Å². The van der Waals surface area contributed by atoms with Crippen molar-refractivity contribution in [1.29, 1.82) is 0 Å². The van der Waals surface area contributed by atoms with E-state index in [2.05, 4.69) is 31.1 Å². The summed E-state index contributed by atoms with van der Waals surface area (Å²) in [4.78, 5) is 4.18. The Balaban J connectivity index is 0. The Kier molecular flexibility index (Phi) is 10.7. The molecule has 0 radical (unpaired) electrons. The molecule has 0 fully saturated rings. The summed E-state index contributed by atoms with van der Waals surface area (Å²) in [7, 11) is 0. The Morgan fingerprint density at radius 2 is 2.00 bits per heavy atom. The number of rotatable bonds is 5. The highest BCUT2D eigenvalue weighted by molar-refractivity contribution is 14.0. The number of hydrogen-bond donors (Lipinski definition) is 2. The second-order valence-electron chi connectivity index (χ2n) is 4.19. The standard InChI is InChI=1S/C10H23N3O.HI/c1-5-14-8-6-7-12-9(11)13-10(2,3)4;/h5-8H2,1-4H3,(H3,11,12,13);1H. The second kappa shape index (κ2) is 9.21. The van der Waals surface area contributed by atoms with E-state index in [1.54, 1.807) is 0 Å². The third kappa shape index (κ3) is 14.0. The lowest BCUT2D eigenvalue weighted by molar-refractivity contribution is 0.146. The van der Waals surface area contributed by atoms with E-state index in [9.17, 15) is 0 Å². The molecule has 15 heavy (non-hydrogen) atoms. The minimum Gasteiger partial charge on any atom is -0.382 e. The van der Waals surface area contributed by atoms with Gasteiger partial charge in [-0.15, -0.1) is 24.0 Å². The van der Waals surface area contributed by atoms with Gasteiger partial charge in [-0.1, -0.05) is 0 Å². The van der Waals surface area contributed by atoms with Crippen LogP contribution in [-0.4, -0.2) is 31.3 Å². The van der Waals surface area contributed by atoms with Gasteiger partial charge in [0.05, 0.1) is 0 Å². The van der Waals surface area contributed by atoms with E-state index >= 15 is 0 Å². The Morgan fingerprint density at radius 1 is 1.40 bits per heavy atom. The molecule has 0 amide bonds. The van der Waals surface area contributed by atoms with E-state index in [-0.39, 0.29) is 29.5 Å². The first-order chi connectivity index (χ1) is 6.45. The number of guanidine groups is 1. The Bertz CT molecular complexity index is 178. The fourth-order valence-corrected chi connectivity index (χ4v) is 0.934. The number of nitrogens with zero attached hydrogens (tertiary/aromatic N) is 1. The number of nitrogens with one attached hydrogen (secondary N) is 1. The van der Waals surface area contributed by atoms with E-state index in [4.69, 9.17) is 10.5 Å². The summed E-state index contributed by atoms with van der Waals surface area (Å²) in [6.45, 7) is 10.4. The van der Waals surface area contributed by atoms with Crippen molar-refractivity contribution in [2.24, 2.45) is 10.7 Å². The Morgan fingerprint density at radius 3 is 2.47 bits per heavy atom. The lowest BCUT2D eigenvalue weighted by Crippen LogP contribution is -2.45. The van der Waals surface area contributed by atoms with E-state index in [1.807, 2.05) is 6.92 Å². The molecule has 5 heteroatoms. The quantitative estimate of drug-likeness (QED) is 0.350. The topological polar surface area (TPSA) is 59.6 Å². The highest BCUT2D eigenvalue weighted by atomic mass is 127. The van der Waals surface area contributed by atoms with Crippen molar-refractivity contribution in [1.82, 2.24) is 5.32 Å². The van der Waals surface area contributed by atoms with Gasteiger partial charge in [0.15, 0.2) is 5.96 Å². The van der Waals surface area contributed by atoms with E-state index in [0.29, 0.717) is 5.96 Å². The van der Waals surface area contributed by atoms with Crippen LogP contribution < -0.4 is 11.1 Å². The summed E-state index contributed by atoms with van der Waals surface area (Å²) >= 11 is 0. The monoisotopic (exact) mass is 329 g/mol. The van der Waals surface area contributed by atoms with Crippen molar-refractivity contribution in [3.8, 4) is 0 Å². The molecule has 0 heterocycles. The zero-order valence-electron chi connectivity index (χ0n) is 10.2. The number of halogens is 1. The molecule has 0 rings (SSSR count). The first kappa shape index (κ1) is 17.4. The highest BCUT2D eigenvalue weighted by Crippen LogP contribution is 1.97. The molecule has 0 atom stereocenters. The van der Waals surface area contributed by atoms with Gasteiger partial charge in [-0.25, -0.2) is 0 Å². The highest BCUT2D eigenvalue weighted by Gasteiger charge is 2.09. The van der Waals surface area contributed by atoms with Gasteiger partial charge in [-0.3, -0.25) is 4.99 Å². The van der Waals surface area contributed by atoms with E-state index in [1.165, 1.54) is 0 Å². The first-order valence-electron chi connectivity index (χ1n) is 5.11. The second-order valence-corrected chi connectivity index (χ2v) is 4.19. The van der Waals surface area contributed by atoms with Gasteiger partial charge < -0.3 is 15.8 Å². The van der Waals surface area contributed by atoms with Gasteiger partial charge in [-0.05, 0) is 34.1 Å². The number of nitrogens with two attached hydrogens (primary N) is 1. The molecule has 3 N–H and O–H groups in total. The zero-order chi connectivity index (χ0) is 11.0. The summed E-state index contributed by atoms with van der Waals surface area (Å²) in [5, 5.41) is 3.10. The van der Waals surface area contributed by atoms with Crippen LogP contribution in [0.15, 0.2) is 4.99 Å². The molecule has 0 aliphatic carbocycles.